The number of amides is 1. The highest BCUT2D eigenvalue weighted by Gasteiger charge is 2.17. The molecule has 0 aliphatic rings. The molecule has 0 spiro atoms. The molecular weight excluding hydrogens is 348 g/mol. The van der Waals surface area contributed by atoms with Crippen molar-refractivity contribution >= 4 is 11.9 Å². The summed E-state index contributed by atoms with van der Waals surface area (Å²) in [7, 11) is 1.57. The summed E-state index contributed by atoms with van der Waals surface area (Å²) in [4.78, 5) is 12.1. The maximum atomic E-state index is 12.1. The Kier molecular flexibility index (Phi) is 6.98. The number of hydrogen-bond donors (Lipinski definition) is 2. The van der Waals surface area contributed by atoms with E-state index in [2.05, 4.69) is 33.1 Å². The number of aryl methyl sites for hydroxylation is 1. The second kappa shape index (κ2) is 9.20. The van der Waals surface area contributed by atoms with Crippen molar-refractivity contribution in [2.75, 3.05) is 19.0 Å². The first-order valence-electron chi connectivity index (χ1n) is 8.93. The number of benzene rings is 1. The molecule has 1 aromatic heterocycles. The van der Waals surface area contributed by atoms with Crippen LogP contribution in [0, 0.1) is 0 Å². The Hall–Kier alpha value is -2.84. The van der Waals surface area contributed by atoms with Gasteiger partial charge in [-0.2, -0.15) is 0 Å². The lowest BCUT2D eigenvalue weighted by molar-refractivity contribution is -0.124. The van der Waals surface area contributed by atoms with Crippen LogP contribution in [-0.2, 0) is 17.9 Å². The predicted molar refractivity (Wildman–Crippen MR) is 102 cm³/mol. The fourth-order valence-corrected chi connectivity index (χ4v) is 2.49. The predicted octanol–water partition coefficient (Wildman–Crippen LogP) is 2.00. The molecule has 0 atom stereocenters. The monoisotopic (exact) mass is 376 g/mol. The van der Waals surface area contributed by atoms with Crippen LogP contribution in [0.2, 0.25) is 0 Å². The number of aromatic nitrogens is 4. The van der Waals surface area contributed by atoms with Gasteiger partial charge < -0.3 is 20.1 Å². The van der Waals surface area contributed by atoms with Crippen LogP contribution in [0.5, 0.6) is 11.5 Å². The van der Waals surface area contributed by atoms with Crippen molar-refractivity contribution in [1.29, 1.82) is 0 Å². The maximum absolute atomic E-state index is 12.1. The van der Waals surface area contributed by atoms with E-state index in [4.69, 9.17) is 9.47 Å². The number of para-hydroxylation sites is 1. The second-order valence-corrected chi connectivity index (χ2v) is 7.11. The molecule has 1 aromatic carbocycles. The van der Waals surface area contributed by atoms with Crippen LogP contribution in [0.4, 0.5) is 5.95 Å². The highest BCUT2D eigenvalue weighted by molar-refractivity contribution is 5.78. The first-order chi connectivity index (χ1) is 12.8. The number of carbonyl (C=O) groups excluding carboxylic acids is 1. The summed E-state index contributed by atoms with van der Waals surface area (Å²) in [6.07, 6.45) is 0.927. The zero-order valence-corrected chi connectivity index (χ0v) is 16.6. The third kappa shape index (κ3) is 6.12. The van der Waals surface area contributed by atoms with Gasteiger partial charge in [-0.3, -0.25) is 4.79 Å². The molecule has 2 aromatic rings. The van der Waals surface area contributed by atoms with Crippen molar-refractivity contribution in [3.63, 3.8) is 0 Å². The van der Waals surface area contributed by atoms with Crippen molar-refractivity contribution in [1.82, 2.24) is 25.5 Å². The van der Waals surface area contributed by atoms with E-state index in [-0.39, 0.29) is 18.1 Å². The lowest BCUT2D eigenvalue weighted by atomic mass is 10.1. The molecule has 0 bridgehead atoms. The van der Waals surface area contributed by atoms with Crippen LogP contribution < -0.4 is 20.1 Å². The van der Waals surface area contributed by atoms with Crippen LogP contribution in [0.15, 0.2) is 18.2 Å². The minimum absolute atomic E-state index is 0.0990. The van der Waals surface area contributed by atoms with Crippen molar-refractivity contribution in [3.05, 3.63) is 23.8 Å². The molecule has 0 aliphatic heterocycles. The van der Waals surface area contributed by atoms with E-state index >= 15 is 0 Å². The first kappa shape index (κ1) is 20.5. The molecule has 0 saturated heterocycles. The van der Waals surface area contributed by atoms with Gasteiger partial charge in [0, 0.05) is 24.2 Å². The average molecular weight is 376 g/mol. The number of tetrazole rings is 1. The number of hydrogen-bond acceptors (Lipinski definition) is 7. The minimum Gasteiger partial charge on any atom is -0.493 e. The van der Waals surface area contributed by atoms with Crippen molar-refractivity contribution < 1.29 is 14.3 Å². The van der Waals surface area contributed by atoms with Crippen molar-refractivity contribution in [2.24, 2.45) is 0 Å². The molecule has 0 aliphatic carbocycles. The molecule has 2 N–H and O–H groups in total. The number of nitrogens with one attached hydrogen (secondary N) is 2. The Morgan fingerprint density at radius 3 is 2.74 bits per heavy atom. The zero-order valence-electron chi connectivity index (χ0n) is 16.6. The molecule has 1 amide bonds. The van der Waals surface area contributed by atoms with Gasteiger partial charge in [-0.25, -0.2) is 4.68 Å². The first-order valence-corrected chi connectivity index (χ1v) is 8.93. The number of methoxy groups -OCH3 is 1. The summed E-state index contributed by atoms with van der Waals surface area (Å²) in [5, 5.41) is 17.7. The topological polar surface area (TPSA) is 103 Å². The summed E-state index contributed by atoms with van der Waals surface area (Å²) in [5.74, 6) is 1.47. The normalized spacial score (nSPS) is 11.1. The van der Waals surface area contributed by atoms with Gasteiger partial charge in [0.2, 0.25) is 5.95 Å². The van der Waals surface area contributed by atoms with E-state index in [1.54, 1.807) is 17.9 Å². The Balaban J connectivity index is 2.10. The highest BCUT2D eigenvalue weighted by Crippen LogP contribution is 2.31. The van der Waals surface area contributed by atoms with E-state index in [0.717, 1.165) is 18.5 Å². The van der Waals surface area contributed by atoms with E-state index in [9.17, 15) is 4.79 Å². The number of nitrogens with zero attached hydrogens (tertiary/aromatic N) is 4. The quantitative estimate of drug-likeness (QED) is 0.690. The molecule has 9 nitrogen and oxygen atoms in total. The summed E-state index contributed by atoms with van der Waals surface area (Å²) in [6, 6.07) is 5.56. The Labute approximate surface area is 159 Å². The molecule has 0 saturated carbocycles. The summed E-state index contributed by atoms with van der Waals surface area (Å²) in [5.41, 5.74) is 0.519. The van der Waals surface area contributed by atoms with Crippen LogP contribution in [0.3, 0.4) is 0 Å². The van der Waals surface area contributed by atoms with Crippen LogP contribution in [0.1, 0.15) is 39.7 Å². The average Bonchev–Trinajstić information content (AvgIpc) is 3.04. The molecule has 27 heavy (non-hydrogen) atoms. The molecule has 9 heteroatoms. The molecule has 148 valence electrons. The van der Waals surface area contributed by atoms with Crippen molar-refractivity contribution in [3.8, 4) is 11.5 Å². The van der Waals surface area contributed by atoms with Crippen molar-refractivity contribution in [2.45, 2.75) is 52.7 Å². The molecular formula is C18H28N6O3. The number of anilines is 1. The largest absolute Gasteiger partial charge is 0.493 e. The molecule has 0 unspecified atom stereocenters. The van der Waals surface area contributed by atoms with Gasteiger partial charge in [-0.1, -0.05) is 24.2 Å². The Morgan fingerprint density at radius 2 is 2.07 bits per heavy atom. The van der Waals surface area contributed by atoms with E-state index in [1.165, 1.54) is 0 Å². The number of carbonyl (C=O) groups is 1. The Bertz CT molecular complexity index is 754. The Morgan fingerprint density at radius 1 is 1.30 bits per heavy atom. The molecule has 0 fully saturated rings. The smallest absolute Gasteiger partial charge is 0.258 e. The number of ether oxygens (including phenoxy) is 2. The van der Waals surface area contributed by atoms with Gasteiger partial charge in [0.1, 0.15) is 0 Å². The lowest BCUT2D eigenvalue weighted by Crippen LogP contribution is -2.43. The molecule has 2 rings (SSSR count). The number of rotatable bonds is 9. The third-order valence-corrected chi connectivity index (χ3v) is 3.55. The fraction of sp³-hybridized carbons (Fsp3) is 0.556. The van der Waals surface area contributed by atoms with Crippen LogP contribution >= 0.6 is 0 Å². The zero-order chi connectivity index (χ0) is 19.9. The third-order valence-electron chi connectivity index (χ3n) is 3.55. The van der Waals surface area contributed by atoms with E-state index in [0.29, 0.717) is 24.0 Å². The van der Waals surface area contributed by atoms with Crippen LogP contribution in [-0.4, -0.2) is 45.4 Å². The van der Waals surface area contributed by atoms with Gasteiger partial charge in [0.15, 0.2) is 18.1 Å². The summed E-state index contributed by atoms with van der Waals surface area (Å²) >= 11 is 0. The summed E-state index contributed by atoms with van der Waals surface area (Å²) in [6.45, 7) is 8.87. The van der Waals surface area contributed by atoms with Gasteiger partial charge in [-0.05, 0) is 43.7 Å². The maximum Gasteiger partial charge on any atom is 0.258 e. The van der Waals surface area contributed by atoms with E-state index in [1.807, 2.05) is 32.9 Å². The fourth-order valence-electron chi connectivity index (χ4n) is 2.49. The SMILES string of the molecule is CCCn1nnnc1NCc1cccc(OC)c1OCC(=O)NC(C)(C)C. The van der Waals surface area contributed by atoms with Gasteiger partial charge in [0.25, 0.3) is 5.91 Å². The minimum atomic E-state index is -0.318. The molecule has 0 radical (unpaired) electrons. The molecule has 1 heterocycles. The van der Waals surface area contributed by atoms with Crippen LogP contribution in [0.25, 0.3) is 0 Å². The second-order valence-electron chi connectivity index (χ2n) is 7.11. The van der Waals surface area contributed by atoms with E-state index < -0.39 is 0 Å². The van der Waals surface area contributed by atoms with Gasteiger partial charge in [-0.15, -0.1) is 0 Å². The standard InChI is InChI=1S/C18H28N6O3/c1-6-10-24-17(21-22-23-24)19-11-13-8-7-9-14(26-5)16(13)27-12-15(25)20-18(2,3)4/h7-9H,6,10-12H2,1-5H3,(H,20,25)(H,19,21,23). The highest BCUT2D eigenvalue weighted by atomic mass is 16.5. The lowest BCUT2D eigenvalue weighted by Gasteiger charge is -2.21. The van der Waals surface area contributed by atoms with Gasteiger partial charge in [0.05, 0.1) is 7.11 Å². The van der Waals surface area contributed by atoms with Gasteiger partial charge >= 0.3 is 0 Å². The summed E-state index contributed by atoms with van der Waals surface area (Å²) < 4.78 is 12.9.